The van der Waals surface area contributed by atoms with Crippen LogP contribution in [0.2, 0.25) is 0 Å². The summed E-state index contributed by atoms with van der Waals surface area (Å²) in [6.45, 7) is 5.15. The number of rotatable bonds is 26. The Morgan fingerprint density at radius 2 is 0.875 bits per heavy atom. The number of hydrogen-bond acceptors (Lipinski definition) is 2. The van der Waals surface area contributed by atoms with E-state index >= 15 is 0 Å². The van der Waals surface area contributed by atoms with Crippen molar-refractivity contribution >= 4 is 5.97 Å². The van der Waals surface area contributed by atoms with Crippen LogP contribution in [0.3, 0.4) is 0 Å². The second kappa shape index (κ2) is 28.2. The summed E-state index contributed by atoms with van der Waals surface area (Å²) in [5.41, 5.74) is 0. The fourth-order valence-corrected chi connectivity index (χ4v) is 4.20. The van der Waals surface area contributed by atoms with E-state index in [0.717, 1.165) is 19.3 Å². The van der Waals surface area contributed by atoms with Crippen LogP contribution in [-0.2, 0) is 9.53 Å². The van der Waals surface area contributed by atoms with Crippen molar-refractivity contribution in [1.29, 1.82) is 0 Å². The minimum Gasteiger partial charge on any atom is -0.466 e. The van der Waals surface area contributed by atoms with Crippen LogP contribution in [0.15, 0.2) is 12.2 Å². The van der Waals surface area contributed by atoms with Crippen LogP contribution < -0.4 is 0 Å². The lowest BCUT2D eigenvalue weighted by molar-refractivity contribution is -0.143. The van der Waals surface area contributed by atoms with E-state index in [4.69, 9.17) is 4.74 Å². The van der Waals surface area contributed by atoms with E-state index < -0.39 is 0 Å². The highest BCUT2D eigenvalue weighted by atomic mass is 16.5. The Bertz CT molecular complexity index is 388. The van der Waals surface area contributed by atoms with Gasteiger partial charge in [0.1, 0.15) is 0 Å². The Balaban J connectivity index is 3.21. The molecule has 0 unspecified atom stereocenters. The molecule has 0 aliphatic rings. The van der Waals surface area contributed by atoms with Crippen molar-refractivity contribution in [1.82, 2.24) is 0 Å². The van der Waals surface area contributed by atoms with Crippen molar-refractivity contribution in [2.24, 2.45) is 0 Å². The number of hydrogen-bond donors (Lipinski definition) is 0. The second-order valence-electron chi connectivity index (χ2n) is 9.74. The van der Waals surface area contributed by atoms with Crippen molar-refractivity contribution in [3.05, 3.63) is 12.2 Å². The molecule has 0 aliphatic carbocycles. The molecule has 0 aromatic rings. The Labute approximate surface area is 202 Å². The molecular formula is C30H58O2. The van der Waals surface area contributed by atoms with Crippen LogP contribution in [0, 0.1) is 0 Å². The zero-order valence-electron chi connectivity index (χ0n) is 22.1. The maximum absolute atomic E-state index is 11.8. The molecule has 190 valence electrons. The molecule has 0 fully saturated rings. The van der Waals surface area contributed by atoms with Gasteiger partial charge in [-0.1, -0.05) is 142 Å². The first-order valence-corrected chi connectivity index (χ1v) is 14.6. The molecule has 0 rings (SSSR count). The maximum Gasteiger partial charge on any atom is 0.305 e. The Morgan fingerprint density at radius 3 is 1.34 bits per heavy atom. The smallest absolute Gasteiger partial charge is 0.305 e. The first-order chi connectivity index (χ1) is 15.8. The summed E-state index contributed by atoms with van der Waals surface area (Å²) in [7, 11) is 0. The number of esters is 1. The molecule has 2 nitrogen and oxygen atoms in total. The third-order valence-electron chi connectivity index (χ3n) is 6.40. The molecule has 2 heteroatoms. The Morgan fingerprint density at radius 1 is 0.500 bits per heavy atom. The van der Waals surface area contributed by atoms with Crippen molar-refractivity contribution in [2.45, 2.75) is 168 Å². The summed E-state index contributed by atoms with van der Waals surface area (Å²) in [5, 5.41) is 0. The molecule has 0 amide bonds. The lowest BCUT2D eigenvalue weighted by Gasteiger charge is -2.04. The molecule has 0 atom stereocenters. The number of unbranched alkanes of at least 4 members (excludes halogenated alkanes) is 20. The molecule has 0 spiro atoms. The predicted molar refractivity (Wildman–Crippen MR) is 142 cm³/mol. The van der Waals surface area contributed by atoms with Gasteiger partial charge < -0.3 is 4.74 Å². The first-order valence-electron chi connectivity index (χ1n) is 14.6. The van der Waals surface area contributed by atoms with Crippen LogP contribution in [-0.4, -0.2) is 12.6 Å². The molecule has 0 aromatic carbocycles. The lowest BCUT2D eigenvalue weighted by Crippen LogP contribution is -2.05. The number of carbonyl (C=O) groups is 1. The average Bonchev–Trinajstić information content (AvgIpc) is 2.80. The number of carbonyl (C=O) groups excluding carboxylic acids is 1. The monoisotopic (exact) mass is 450 g/mol. The quantitative estimate of drug-likeness (QED) is 0.0744. The molecule has 0 aromatic heterocycles. The minimum atomic E-state index is -0.0118. The highest BCUT2D eigenvalue weighted by Gasteiger charge is 2.01. The molecule has 0 N–H and O–H groups in total. The van der Waals surface area contributed by atoms with Gasteiger partial charge in [-0.25, -0.2) is 0 Å². The van der Waals surface area contributed by atoms with E-state index in [-0.39, 0.29) is 5.97 Å². The second-order valence-corrected chi connectivity index (χ2v) is 9.74. The Hall–Kier alpha value is -0.790. The predicted octanol–water partition coefficient (Wildman–Crippen LogP) is 10.5. The van der Waals surface area contributed by atoms with Gasteiger partial charge in [0.15, 0.2) is 0 Å². The SMILES string of the molecule is CCCCCCCCCCCCCCC=CCCCC(=O)OCCCCCCCCCC. The van der Waals surface area contributed by atoms with E-state index in [9.17, 15) is 4.79 Å². The molecule has 0 bridgehead atoms. The normalized spacial score (nSPS) is 11.4. The molecule has 0 saturated carbocycles. The number of allylic oxidation sites excluding steroid dienone is 2. The molecule has 32 heavy (non-hydrogen) atoms. The average molecular weight is 451 g/mol. The highest BCUT2D eigenvalue weighted by Crippen LogP contribution is 2.13. The fourth-order valence-electron chi connectivity index (χ4n) is 4.20. The zero-order valence-corrected chi connectivity index (χ0v) is 22.1. The van der Waals surface area contributed by atoms with Crippen molar-refractivity contribution in [2.75, 3.05) is 6.61 Å². The third kappa shape index (κ3) is 27.2. The van der Waals surface area contributed by atoms with Gasteiger partial charge >= 0.3 is 5.97 Å². The van der Waals surface area contributed by atoms with Gasteiger partial charge in [0.25, 0.3) is 0 Å². The van der Waals surface area contributed by atoms with Crippen molar-refractivity contribution < 1.29 is 9.53 Å². The van der Waals surface area contributed by atoms with Crippen LogP contribution in [0.25, 0.3) is 0 Å². The first kappa shape index (κ1) is 31.2. The lowest BCUT2D eigenvalue weighted by atomic mass is 10.0. The summed E-state index contributed by atoms with van der Waals surface area (Å²) in [4.78, 5) is 11.8. The van der Waals surface area contributed by atoms with Gasteiger partial charge in [-0.05, 0) is 32.1 Å². The summed E-state index contributed by atoms with van der Waals surface area (Å²) < 4.78 is 5.35. The van der Waals surface area contributed by atoms with E-state index in [0.29, 0.717) is 13.0 Å². The summed E-state index contributed by atoms with van der Waals surface area (Å²) in [6, 6.07) is 0. The maximum atomic E-state index is 11.8. The van der Waals surface area contributed by atoms with Crippen molar-refractivity contribution in [3.8, 4) is 0 Å². The van der Waals surface area contributed by atoms with Gasteiger partial charge in [0.2, 0.25) is 0 Å². The largest absolute Gasteiger partial charge is 0.466 e. The third-order valence-corrected chi connectivity index (χ3v) is 6.40. The molecule has 0 heterocycles. The minimum absolute atomic E-state index is 0.0118. The fraction of sp³-hybridized carbons (Fsp3) is 0.900. The molecule has 0 aliphatic heterocycles. The van der Waals surface area contributed by atoms with E-state index in [1.165, 1.54) is 128 Å². The van der Waals surface area contributed by atoms with Gasteiger partial charge in [-0.2, -0.15) is 0 Å². The van der Waals surface area contributed by atoms with Gasteiger partial charge in [-0.15, -0.1) is 0 Å². The summed E-state index contributed by atoms with van der Waals surface area (Å²) >= 11 is 0. The van der Waals surface area contributed by atoms with Gasteiger partial charge in [0, 0.05) is 6.42 Å². The summed E-state index contributed by atoms with van der Waals surface area (Å²) in [5.74, 6) is -0.0118. The zero-order chi connectivity index (χ0) is 23.4. The van der Waals surface area contributed by atoms with Crippen LogP contribution >= 0.6 is 0 Å². The van der Waals surface area contributed by atoms with Gasteiger partial charge in [0.05, 0.1) is 6.61 Å². The van der Waals surface area contributed by atoms with Crippen LogP contribution in [0.5, 0.6) is 0 Å². The van der Waals surface area contributed by atoms with E-state index in [1.807, 2.05) is 0 Å². The Kier molecular flexibility index (Phi) is 27.5. The van der Waals surface area contributed by atoms with Crippen LogP contribution in [0.4, 0.5) is 0 Å². The summed E-state index contributed by atoms with van der Waals surface area (Å²) in [6.07, 6.45) is 35.4. The molecule has 0 radical (unpaired) electrons. The van der Waals surface area contributed by atoms with E-state index in [2.05, 4.69) is 26.0 Å². The van der Waals surface area contributed by atoms with Crippen molar-refractivity contribution in [3.63, 3.8) is 0 Å². The van der Waals surface area contributed by atoms with E-state index in [1.54, 1.807) is 0 Å². The molecule has 0 saturated heterocycles. The highest BCUT2D eigenvalue weighted by molar-refractivity contribution is 5.69. The topological polar surface area (TPSA) is 26.3 Å². The standard InChI is InChI=1S/C30H58O2/c1-3-5-7-9-11-13-14-15-16-17-18-19-20-21-22-24-26-28-30(31)32-29-27-25-23-12-10-8-6-4-2/h21-22H,3-20,23-29H2,1-2H3. The van der Waals surface area contributed by atoms with Gasteiger partial charge in [-0.3, -0.25) is 4.79 Å². The molecular weight excluding hydrogens is 392 g/mol. The van der Waals surface area contributed by atoms with Crippen LogP contribution in [0.1, 0.15) is 168 Å². The number of ether oxygens (including phenoxy) is 1.